The van der Waals surface area contributed by atoms with E-state index in [1.165, 1.54) is 0 Å². The minimum atomic E-state index is -0.189. The van der Waals surface area contributed by atoms with Gasteiger partial charge in [0.15, 0.2) is 6.61 Å². The molecule has 1 amide bonds. The molecule has 0 bridgehead atoms. The number of nitrogen functional groups attached to an aromatic ring is 1. The second-order valence-corrected chi connectivity index (χ2v) is 3.51. The van der Waals surface area contributed by atoms with E-state index in [2.05, 4.69) is 10.3 Å². The molecule has 5 nitrogen and oxygen atoms in total. The standard InChI is InChI=1S/C12H13N3O2/c1-14-11(16)7-17-10-5-4-9(13)8-3-2-6-15-12(8)10/h2-6H,7,13H2,1H3,(H,14,16). The third-order valence-corrected chi connectivity index (χ3v) is 2.40. The Morgan fingerprint density at radius 3 is 3.06 bits per heavy atom. The first-order valence-electron chi connectivity index (χ1n) is 5.19. The topological polar surface area (TPSA) is 77.2 Å². The molecule has 1 aromatic heterocycles. The number of nitrogens with zero attached hydrogens (tertiary/aromatic N) is 1. The summed E-state index contributed by atoms with van der Waals surface area (Å²) in [6.07, 6.45) is 1.66. The number of anilines is 1. The molecule has 0 fully saturated rings. The second kappa shape index (κ2) is 4.69. The van der Waals surface area contributed by atoms with E-state index in [-0.39, 0.29) is 12.5 Å². The number of fused-ring (bicyclic) bond motifs is 1. The molecule has 2 aromatic rings. The molecular formula is C12H13N3O2. The SMILES string of the molecule is CNC(=O)COc1ccc(N)c2cccnc12. The van der Waals surface area contributed by atoms with Gasteiger partial charge in [0.25, 0.3) is 5.91 Å². The Morgan fingerprint density at radius 2 is 2.29 bits per heavy atom. The van der Waals surface area contributed by atoms with Gasteiger partial charge in [-0.1, -0.05) is 0 Å². The molecule has 0 unspecified atom stereocenters. The Morgan fingerprint density at radius 1 is 1.47 bits per heavy atom. The fraction of sp³-hybridized carbons (Fsp3) is 0.167. The molecule has 17 heavy (non-hydrogen) atoms. The summed E-state index contributed by atoms with van der Waals surface area (Å²) in [6, 6.07) is 7.13. The number of hydrogen-bond donors (Lipinski definition) is 2. The van der Waals surface area contributed by atoms with Crippen molar-refractivity contribution in [3.8, 4) is 5.75 Å². The molecule has 0 atom stereocenters. The maximum absolute atomic E-state index is 11.1. The highest BCUT2D eigenvalue weighted by Crippen LogP contribution is 2.27. The van der Waals surface area contributed by atoms with Crippen molar-refractivity contribution in [3.63, 3.8) is 0 Å². The van der Waals surface area contributed by atoms with Crippen molar-refractivity contribution in [1.29, 1.82) is 0 Å². The molecule has 5 heteroatoms. The third kappa shape index (κ3) is 2.28. The summed E-state index contributed by atoms with van der Waals surface area (Å²) in [5.41, 5.74) is 7.13. The summed E-state index contributed by atoms with van der Waals surface area (Å²) in [5, 5.41) is 3.31. The Kier molecular flexibility index (Phi) is 3.09. The Labute approximate surface area is 98.6 Å². The smallest absolute Gasteiger partial charge is 0.257 e. The van der Waals surface area contributed by atoms with Crippen LogP contribution < -0.4 is 15.8 Å². The zero-order valence-corrected chi connectivity index (χ0v) is 9.43. The van der Waals surface area contributed by atoms with E-state index in [9.17, 15) is 4.79 Å². The molecule has 0 aliphatic rings. The first kappa shape index (κ1) is 11.2. The number of nitrogens with one attached hydrogen (secondary N) is 1. The summed E-state index contributed by atoms with van der Waals surface area (Å²) < 4.78 is 5.40. The second-order valence-electron chi connectivity index (χ2n) is 3.51. The minimum Gasteiger partial charge on any atom is -0.481 e. The molecule has 88 valence electrons. The van der Waals surface area contributed by atoms with Crippen LogP contribution in [0.15, 0.2) is 30.5 Å². The van der Waals surface area contributed by atoms with E-state index in [1.54, 1.807) is 31.4 Å². The zero-order valence-electron chi connectivity index (χ0n) is 9.43. The number of hydrogen-bond acceptors (Lipinski definition) is 4. The maximum atomic E-state index is 11.1. The van der Waals surface area contributed by atoms with E-state index in [4.69, 9.17) is 10.5 Å². The van der Waals surface area contributed by atoms with Gasteiger partial charge in [-0.2, -0.15) is 0 Å². The highest BCUT2D eigenvalue weighted by Gasteiger charge is 2.07. The average Bonchev–Trinajstić information content (AvgIpc) is 2.38. The van der Waals surface area contributed by atoms with E-state index in [1.807, 2.05) is 6.07 Å². The van der Waals surface area contributed by atoms with Crippen molar-refractivity contribution < 1.29 is 9.53 Å². The number of ether oxygens (including phenoxy) is 1. The molecule has 2 rings (SSSR count). The number of aromatic nitrogens is 1. The summed E-state index contributed by atoms with van der Waals surface area (Å²) in [6.45, 7) is -0.0356. The van der Waals surface area contributed by atoms with Gasteiger partial charge in [-0.25, -0.2) is 0 Å². The van der Waals surface area contributed by atoms with Crippen molar-refractivity contribution in [2.75, 3.05) is 19.4 Å². The molecule has 0 radical (unpaired) electrons. The van der Waals surface area contributed by atoms with Gasteiger partial charge >= 0.3 is 0 Å². The molecule has 0 saturated carbocycles. The van der Waals surface area contributed by atoms with Gasteiger partial charge in [0.05, 0.1) is 0 Å². The largest absolute Gasteiger partial charge is 0.481 e. The number of amides is 1. The number of pyridine rings is 1. The molecule has 0 spiro atoms. The maximum Gasteiger partial charge on any atom is 0.257 e. The van der Waals surface area contributed by atoms with Gasteiger partial charge < -0.3 is 15.8 Å². The molecule has 1 aromatic carbocycles. The molecule has 0 aliphatic heterocycles. The van der Waals surface area contributed by atoms with Crippen LogP contribution in [-0.4, -0.2) is 24.5 Å². The van der Waals surface area contributed by atoms with Crippen LogP contribution >= 0.6 is 0 Å². The molecule has 0 aliphatic carbocycles. The molecule has 3 N–H and O–H groups in total. The Hall–Kier alpha value is -2.30. The lowest BCUT2D eigenvalue weighted by Gasteiger charge is -2.09. The van der Waals surface area contributed by atoms with Crippen molar-refractivity contribution in [1.82, 2.24) is 10.3 Å². The van der Waals surface area contributed by atoms with E-state index < -0.39 is 0 Å². The normalized spacial score (nSPS) is 10.2. The highest BCUT2D eigenvalue weighted by molar-refractivity contribution is 5.94. The quantitative estimate of drug-likeness (QED) is 0.771. The molecular weight excluding hydrogens is 218 g/mol. The average molecular weight is 231 g/mol. The van der Waals surface area contributed by atoms with Gasteiger partial charge in [-0.3, -0.25) is 9.78 Å². The lowest BCUT2D eigenvalue weighted by molar-refractivity contribution is -0.122. The lowest BCUT2D eigenvalue weighted by Crippen LogP contribution is -2.24. The van der Waals surface area contributed by atoms with Gasteiger partial charge in [-0.05, 0) is 24.3 Å². The number of carbonyl (C=O) groups excluding carboxylic acids is 1. The summed E-state index contributed by atoms with van der Waals surface area (Å²) in [7, 11) is 1.56. The van der Waals surface area contributed by atoms with Gasteiger partial charge in [0.1, 0.15) is 11.3 Å². The van der Waals surface area contributed by atoms with Crippen LogP contribution in [0, 0.1) is 0 Å². The predicted octanol–water partition coefficient (Wildman–Crippen LogP) is 0.942. The number of rotatable bonds is 3. The number of nitrogens with two attached hydrogens (primary N) is 1. The van der Waals surface area contributed by atoms with Crippen molar-refractivity contribution in [2.45, 2.75) is 0 Å². The fourth-order valence-electron chi connectivity index (χ4n) is 1.50. The van der Waals surface area contributed by atoms with Crippen LogP contribution in [0.25, 0.3) is 10.9 Å². The fourth-order valence-corrected chi connectivity index (χ4v) is 1.50. The first-order valence-corrected chi connectivity index (χ1v) is 5.19. The van der Waals surface area contributed by atoms with Crippen molar-refractivity contribution in [2.24, 2.45) is 0 Å². The van der Waals surface area contributed by atoms with Crippen LogP contribution in [0.3, 0.4) is 0 Å². The zero-order chi connectivity index (χ0) is 12.3. The number of likely N-dealkylation sites (N-methyl/N-ethyl adjacent to an activating group) is 1. The van der Waals surface area contributed by atoms with E-state index in [0.29, 0.717) is 17.0 Å². The highest BCUT2D eigenvalue weighted by atomic mass is 16.5. The van der Waals surface area contributed by atoms with Crippen LogP contribution in [0.1, 0.15) is 0 Å². The predicted molar refractivity (Wildman–Crippen MR) is 65.7 cm³/mol. The Balaban J connectivity index is 2.35. The molecule has 1 heterocycles. The summed E-state index contributed by atoms with van der Waals surface area (Å²) in [5.74, 6) is 0.365. The van der Waals surface area contributed by atoms with Crippen LogP contribution in [-0.2, 0) is 4.79 Å². The first-order chi connectivity index (χ1) is 8.22. The number of benzene rings is 1. The monoisotopic (exact) mass is 231 g/mol. The van der Waals surface area contributed by atoms with Gasteiger partial charge in [0, 0.05) is 24.3 Å². The van der Waals surface area contributed by atoms with E-state index >= 15 is 0 Å². The minimum absolute atomic E-state index is 0.0356. The lowest BCUT2D eigenvalue weighted by atomic mass is 10.2. The number of carbonyl (C=O) groups is 1. The van der Waals surface area contributed by atoms with Crippen LogP contribution in [0.4, 0.5) is 5.69 Å². The van der Waals surface area contributed by atoms with Crippen molar-refractivity contribution in [3.05, 3.63) is 30.5 Å². The third-order valence-electron chi connectivity index (χ3n) is 2.40. The summed E-state index contributed by atoms with van der Waals surface area (Å²) in [4.78, 5) is 15.3. The van der Waals surface area contributed by atoms with E-state index in [0.717, 1.165) is 5.39 Å². The Bertz CT molecular complexity index is 554. The molecule has 0 saturated heterocycles. The van der Waals surface area contributed by atoms with Gasteiger partial charge in [-0.15, -0.1) is 0 Å². The van der Waals surface area contributed by atoms with Crippen molar-refractivity contribution >= 4 is 22.5 Å². The van der Waals surface area contributed by atoms with Gasteiger partial charge in [0.2, 0.25) is 0 Å². The van der Waals surface area contributed by atoms with Crippen LogP contribution in [0.5, 0.6) is 5.75 Å². The summed E-state index contributed by atoms with van der Waals surface area (Å²) >= 11 is 0. The van der Waals surface area contributed by atoms with Crippen LogP contribution in [0.2, 0.25) is 0 Å².